The SMILES string of the molecule is CC(C)CC(C)(C)OCCCOP(=O)(O)CO[C@H](CO)Cn1ccc(N)nc1=O. The molecule has 0 aliphatic heterocycles. The lowest BCUT2D eigenvalue weighted by atomic mass is 9.96. The van der Waals surface area contributed by atoms with Crippen LogP contribution >= 0.6 is 7.60 Å². The molecule has 4 N–H and O–H groups in total. The van der Waals surface area contributed by atoms with E-state index in [4.69, 9.17) is 19.7 Å². The average molecular weight is 435 g/mol. The zero-order valence-corrected chi connectivity index (χ0v) is 18.5. The standard InChI is InChI=1S/C18H34N3O7P/c1-14(2)10-18(3,4)27-8-5-9-28-29(24,25)13-26-15(12-22)11-21-7-6-16(19)20-17(21)23/h6-7,14-15,22H,5,8-13H2,1-4H3,(H,24,25)(H2,19,20,23)/t15-/m0/s1. The van der Waals surface area contributed by atoms with E-state index in [1.54, 1.807) is 0 Å². The summed E-state index contributed by atoms with van der Waals surface area (Å²) in [5.74, 6) is 0.591. The van der Waals surface area contributed by atoms with Crippen LogP contribution in [-0.2, 0) is 25.1 Å². The molecule has 11 heteroatoms. The maximum absolute atomic E-state index is 12.1. The topological polar surface area (TPSA) is 146 Å². The van der Waals surface area contributed by atoms with Gasteiger partial charge in [0.25, 0.3) is 0 Å². The van der Waals surface area contributed by atoms with Crippen LogP contribution in [0.4, 0.5) is 5.82 Å². The number of nitrogens with two attached hydrogens (primary N) is 1. The number of hydrogen-bond donors (Lipinski definition) is 3. The van der Waals surface area contributed by atoms with Gasteiger partial charge in [0.1, 0.15) is 12.2 Å². The minimum Gasteiger partial charge on any atom is -0.394 e. The summed E-state index contributed by atoms with van der Waals surface area (Å²) in [4.78, 5) is 25.2. The third-order valence-electron chi connectivity index (χ3n) is 3.95. The number of hydrogen-bond acceptors (Lipinski definition) is 8. The van der Waals surface area contributed by atoms with Gasteiger partial charge >= 0.3 is 13.3 Å². The predicted molar refractivity (Wildman–Crippen MR) is 110 cm³/mol. The van der Waals surface area contributed by atoms with E-state index in [0.29, 0.717) is 18.9 Å². The van der Waals surface area contributed by atoms with E-state index in [1.165, 1.54) is 16.8 Å². The van der Waals surface area contributed by atoms with Gasteiger partial charge in [0.2, 0.25) is 0 Å². The Morgan fingerprint density at radius 2 is 2.03 bits per heavy atom. The second-order valence-corrected chi connectivity index (χ2v) is 9.71. The first-order valence-electron chi connectivity index (χ1n) is 9.60. The van der Waals surface area contributed by atoms with Gasteiger partial charge in [-0.15, -0.1) is 0 Å². The number of ether oxygens (including phenoxy) is 2. The van der Waals surface area contributed by atoms with Crippen molar-refractivity contribution in [3.8, 4) is 0 Å². The van der Waals surface area contributed by atoms with E-state index in [2.05, 4.69) is 18.8 Å². The predicted octanol–water partition coefficient (Wildman–Crippen LogP) is 1.59. The molecule has 10 nitrogen and oxygen atoms in total. The molecule has 29 heavy (non-hydrogen) atoms. The van der Waals surface area contributed by atoms with Crippen molar-refractivity contribution in [1.29, 1.82) is 0 Å². The van der Waals surface area contributed by atoms with Gasteiger partial charge in [-0.25, -0.2) is 4.79 Å². The Bertz CT molecular complexity index is 724. The molecule has 0 bridgehead atoms. The van der Waals surface area contributed by atoms with Gasteiger partial charge in [-0.05, 0) is 38.7 Å². The van der Waals surface area contributed by atoms with Crippen LogP contribution in [0.2, 0.25) is 0 Å². The van der Waals surface area contributed by atoms with E-state index >= 15 is 0 Å². The highest BCUT2D eigenvalue weighted by atomic mass is 31.2. The zero-order chi connectivity index (χ0) is 22.1. The van der Waals surface area contributed by atoms with E-state index in [1.807, 2.05) is 13.8 Å². The van der Waals surface area contributed by atoms with Crippen molar-refractivity contribution < 1.29 is 28.6 Å². The van der Waals surface area contributed by atoms with Gasteiger partial charge in [0, 0.05) is 12.8 Å². The molecule has 1 rings (SSSR count). The Morgan fingerprint density at radius 3 is 2.62 bits per heavy atom. The number of aliphatic hydroxyl groups is 1. The highest BCUT2D eigenvalue weighted by Crippen LogP contribution is 2.42. The maximum atomic E-state index is 12.1. The fourth-order valence-corrected chi connectivity index (χ4v) is 3.75. The highest BCUT2D eigenvalue weighted by molar-refractivity contribution is 7.52. The molecule has 1 heterocycles. The van der Waals surface area contributed by atoms with Gasteiger partial charge in [-0.3, -0.25) is 9.13 Å². The monoisotopic (exact) mass is 435 g/mol. The molecule has 1 unspecified atom stereocenters. The number of nitrogens with zero attached hydrogens (tertiary/aromatic N) is 2. The summed E-state index contributed by atoms with van der Waals surface area (Å²) < 4.78 is 29.4. The smallest absolute Gasteiger partial charge is 0.353 e. The fourth-order valence-electron chi connectivity index (χ4n) is 2.86. The van der Waals surface area contributed by atoms with Crippen molar-refractivity contribution in [2.75, 3.05) is 31.9 Å². The van der Waals surface area contributed by atoms with Crippen molar-refractivity contribution >= 4 is 13.4 Å². The Balaban J connectivity index is 2.37. The first-order chi connectivity index (χ1) is 13.4. The Labute approximate surface area is 171 Å². The van der Waals surface area contributed by atoms with Crippen molar-refractivity contribution in [3.05, 3.63) is 22.7 Å². The maximum Gasteiger partial charge on any atom is 0.353 e. The summed E-state index contributed by atoms with van der Waals surface area (Å²) in [6, 6.07) is 1.43. The third-order valence-corrected chi connectivity index (χ3v) is 5.01. The lowest BCUT2D eigenvalue weighted by Crippen LogP contribution is -2.32. The molecule has 1 aromatic rings. The molecule has 0 saturated carbocycles. The number of aromatic nitrogens is 2. The van der Waals surface area contributed by atoms with Crippen molar-refractivity contribution in [1.82, 2.24) is 9.55 Å². The average Bonchev–Trinajstić information content (AvgIpc) is 2.58. The van der Waals surface area contributed by atoms with Gasteiger partial charge in [-0.2, -0.15) is 4.98 Å². The molecule has 0 aliphatic rings. The fraction of sp³-hybridized carbons (Fsp3) is 0.778. The lowest BCUT2D eigenvalue weighted by Gasteiger charge is -2.27. The molecule has 0 saturated heterocycles. The summed E-state index contributed by atoms with van der Waals surface area (Å²) in [5, 5.41) is 9.40. The molecule has 2 atom stereocenters. The van der Waals surface area contributed by atoms with Gasteiger partial charge in [0.05, 0.1) is 31.5 Å². The molecular formula is C18H34N3O7P. The van der Waals surface area contributed by atoms with E-state index in [-0.39, 0.29) is 24.6 Å². The molecular weight excluding hydrogens is 401 g/mol. The van der Waals surface area contributed by atoms with Crippen LogP contribution in [0.5, 0.6) is 0 Å². The van der Waals surface area contributed by atoms with Crippen LogP contribution in [-0.4, -0.2) is 57.4 Å². The highest BCUT2D eigenvalue weighted by Gasteiger charge is 2.23. The first-order valence-corrected chi connectivity index (χ1v) is 11.4. The van der Waals surface area contributed by atoms with Crippen molar-refractivity contribution in [3.63, 3.8) is 0 Å². The van der Waals surface area contributed by atoms with E-state index < -0.39 is 32.3 Å². The first kappa shape index (κ1) is 25.7. The summed E-state index contributed by atoms with van der Waals surface area (Å²) >= 11 is 0. The van der Waals surface area contributed by atoms with Crippen LogP contribution < -0.4 is 11.4 Å². The molecule has 0 fully saturated rings. The Kier molecular flexibility index (Phi) is 10.5. The number of anilines is 1. The summed E-state index contributed by atoms with van der Waals surface area (Å²) in [6.45, 7) is 8.22. The van der Waals surface area contributed by atoms with E-state index in [0.717, 1.165) is 6.42 Å². The minimum absolute atomic E-state index is 0.0403. The van der Waals surface area contributed by atoms with Crippen LogP contribution in [0.15, 0.2) is 17.1 Å². The molecule has 0 aliphatic carbocycles. The van der Waals surface area contributed by atoms with Crippen molar-refractivity contribution in [2.45, 2.75) is 58.8 Å². The molecule has 0 spiro atoms. The minimum atomic E-state index is -4.00. The number of nitrogen functional groups attached to an aromatic ring is 1. The summed E-state index contributed by atoms with van der Waals surface area (Å²) in [5.41, 5.74) is 4.56. The van der Waals surface area contributed by atoms with Crippen LogP contribution in [0.1, 0.15) is 40.5 Å². The molecule has 0 amide bonds. The number of rotatable bonds is 14. The largest absolute Gasteiger partial charge is 0.394 e. The Morgan fingerprint density at radius 1 is 1.34 bits per heavy atom. The zero-order valence-electron chi connectivity index (χ0n) is 17.6. The van der Waals surface area contributed by atoms with E-state index in [9.17, 15) is 19.4 Å². The van der Waals surface area contributed by atoms with Crippen molar-refractivity contribution in [2.24, 2.45) is 5.92 Å². The molecule has 0 aromatic carbocycles. The summed E-state index contributed by atoms with van der Waals surface area (Å²) in [7, 11) is -4.00. The van der Waals surface area contributed by atoms with Crippen LogP contribution in [0, 0.1) is 5.92 Å². The van der Waals surface area contributed by atoms with Gasteiger partial charge in [-0.1, -0.05) is 13.8 Å². The normalized spacial score (nSPS) is 15.4. The van der Waals surface area contributed by atoms with Gasteiger partial charge in [0.15, 0.2) is 0 Å². The molecule has 0 radical (unpaired) electrons. The summed E-state index contributed by atoms with van der Waals surface area (Å²) in [6.07, 6.45) is 1.31. The Hall–Kier alpha value is -1.29. The van der Waals surface area contributed by atoms with Crippen LogP contribution in [0.25, 0.3) is 0 Å². The lowest BCUT2D eigenvalue weighted by molar-refractivity contribution is -0.0356. The number of aliphatic hydroxyl groups excluding tert-OH is 1. The second kappa shape index (κ2) is 11.8. The third kappa shape index (κ3) is 10.9. The molecule has 1 aromatic heterocycles. The van der Waals surface area contributed by atoms with Crippen LogP contribution in [0.3, 0.4) is 0 Å². The molecule has 168 valence electrons. The quantitative estimate of drug-likeness (QED) is 0.293. The second-order valence-electron chi connectivity index (χ2n) is 7.92. The van der Waals surface area contributed by atoms with Gasteiger partial charge < -0.3 is 29.7 Å².